The molecule has 0 aliphatic heterocycles. The number of benzene rings is 1. The molecule has 1 aromatic heterocycles. The molecule has 1 N–H and O–H groups in total. The fourth-order valence-corrected chi connectivity index (χ4v) is 2.68. The first kappa shape index (κ1) is 15.9. The molecule has 4 heteroatoms. The zero-order chi connectivity index (χ0) is 15.2. The Balaban J connectivity index is 2.15. The summed E-state index contributed by atoms with van der Waals surface area (Å²) in [6.07, 6.45) is 1.69. The van der Waals surface area contributed by atoms with E-state index in [0.29, 0.717) is 0 Å². The molecule has 0 fully saturated rings. The smallest absolute Gasteiger partial charge is 0.133 e. The van der Waals surface area contributed by atoms with E-state index in [1.807, 2.05) is 18.2 Å². The molecule has 0 aliphatic carbocycles. The van der Waals surface area contributed by atoms with E-state index in [9.17, 15) is 0 Å². The highest BCUT2D eigenvalue weighted by molar-refractivity contribution is 6.30. The largest absolute Gasteiger partial charge is 0.317 e. The summed E-state index contributed by atoms with van der Waals surface area (Å²) in [4.78, 5) is 9.31. The summed E-state index contributed by atoms with van der Waals surface area (Å²) in [6, 6.07) is 7.86. The molecule has 0 atom stereocenters. The average Bonchev–Trinajstić information content (AvgIpc) is 2.42. The van der Waals surface area contributed by atoms with E-state index in [1.165, 1.54) is 5.56 Å². The van der Waals surface area contributed by atoms with Crippen LogP contribution in [0.5, 0.6) is 0 Å². The summed E-state index contributed by atoms with van der Waals surface area (Å²) in [5, 5.41) is 4.09. The van der Waals surface area contributed by atoms with E-state index < -0.39 is 0 Å². The lowest BCUT2D eigenvalue weighted by Gasteiger charge is -2.11. The van der Waals surface area contributed by atoms with Gasteiger partial charge in [-0.05, 0) is 56.6 Å². The number of halogens is 1. The van der Waals surface area contributed by atoms with Crippen molar-refractivity contribution in [1.29, 1.82) is 0 Å². The van der Waals surface area contributed by atoms with Gasteiger partial charge in [0.05, 0.1) is 0 Å². The molecular weight excluding hydrogens is 282 g/mol. The van der Waals surface area contributed by atoms with Crippen LogP contribution < -0.4 is 5.32 Å². The van der Waals surface area contributed by atoms with Crippen molar-refractivity contribution in [3.05, 3.63) is 57.6 Å². The van der Waals surface area contributed by atoms with E-state index in [4.69, 9.17) is 11.6 Å². The molecule has 1 heterocycles. The minimum atomic E-state index is 0.718. The molecule has 2 aromatic rings. The monoisotopic (exact) mass is 303 g/mol. The minimum absolute atomic E-state index is 0.718. The summed E-state index contributed by atoms with van der Waals surface area (Å²) in [6.45, 7) is 8.21. The number of likely N-dealkylation sites (N-methyl/N-ethyl adjacent to an activating group) is 1. The van der Waals surface area contributed by atoms with Crippen molar-refractivity contribution in [3.8, 4) is 0 Å². The molecule has 0 amide bonds. The van der Waals surface area contributed by atoms with E-state index in [-0.39, 0.29) is 0 Å². The Kier molecular flexibility index (Phi) is 5.71. The second kappa shape index (κ2) is 7.53. The van der Waals surface area contributed by atoms with Gasteiger partial charge in [0.25, 0.3) is 0 Å². The predicted octanol–water partition coefficient (Wildman–Crippen LogP) is 3.49. The summed E-state index contributed by atoms with van der Waals surface area (Å²) in [5.41, 5.74) is 4.56. The first-order valence-corrected chi connectivity index (χ1v) is 7.76. The van der Waals surface area contributed by atoms with E-state index in [2.05, 4.69) is 42.1 Å². The Morgan fingerprint density at radius 2 is 1.86 bits per heavy atom. The van der Waals surface area contributed by atoms with E-state index >= 15 is 0 Å². The Morgan fingerprint density at radius 3 is 2.48 bits per heavy atom. The fraction of sp³-hybridized carbons (Fsp3) is 0.412. The standard InChI is InChI=1S/C17H22ClN3/c1-4-19-9-8-16-12(2)20-17(21-13(16)3)11-14-6-5-7-15(18)10-14/h5-7,10,19H,4,8-9,11H2,1-3H3. The van der Waals surface area contributed by atoms with Gasteiger partial charge in [0, 0.05) is 22.8 Å². The van der Waals surface area contributed by atoms with E-state index in [0.717, 1.165) is 53.7 Å². The molecule has 2 rings (SSSR count). The van der Waals surface area contributed by atoms with Crippen LogP contribution in [0.4, 0.5) is 0 Å². The highest BCUT2D eigenvalue weighted by Gasteiger charge is 2.09. The third-order valence-electron chi connectivity index (χ3n) is 3.52. The lowest BCUT2D eigenvalue weighted by atomic mass is 10.1. The molecule has 0 saturated carbocycles. The summed E-state index contributed by atoms with van der Waals surface area (Å²) in [5.74, 6) is 0.861. The lowest BCUT2D eigenvalue weighted by Crippen LogP contribution is -2.18. The minimum Gasteiger partial charge on any atom is -0.317 e. The van der Waals surface area contributed by atoms with Crippen LogP contribution in [-0.4, -0.2) is 23.1 Å². The summed E-state index contributed by atoms with van der Waals surface area (Å²) < 4.78 is 0. The molecule has 0 bridgehead atoms. The maximum atomic E-state index is 6.02. The number of rotatable bonds is 6. The van der Waals surface area contributed by atoms with Gasteiger partial charge in [-0.15, -0.1) is 0 Å². The van der Waals surface area contributed by atoms with Gasteiger partial charge in [-0.1, -0.05) is 30.7 Å². The fourth-order valence-electron chi connectivity index (χ4n) is 2.47. The van der Waals surface area contributed by atoms with Crippen molar-refractivity contribution in [1.82, 2.24) is 15.3 Å². The number of hydrogen-bond acceptors (Lipinski definition) is 3. The number of aryl methyl sites for hydroxylation is 2. The van der Waals surface area contributed by atoms with Gasteiger partial charge in [-0.25, -0.2) is 9.97 Å². The SMILES string of the molecule is CCNCCc1c(C)nc(Cc2cccc(Cl)c2)nc1C. The third kappa shape index (κ3) is 4.51. The quantitative estimate of drug-likeness (QED) is 0.830. The second-order valence-electron chi connectivity index (χ2n) is 5.20. The second-order valence-corrected chi connectivity index (χ2v) is 5.64. The highest BCUT2D eigenvalue weighted by atomic mass is 35.5. The van der Waals surface area contributed by atoms with Crippen LogP contribution in [0.2, 0.25) is 5.02 Å². The predicted molar refractivity (Wildman–Crippen MR) is 88.0 cm³/mol. The van der Waals surface area contributed by atoms with Crippen LogP contribution >= 0.6 is 11.6 Å². The van der Waals surface area contributed by atoms with Gasteiger partial charge >= 0.3 is 0 Å². The molecule has 112 valence electrons. The highest BCUT2D eigenvalue weighted by Crippen LogP contribution is 2.16. The van der Waals surface area contributed by atoms with Crippen molar-refractivity contribution < 1.29 is 0 Å². The molecule has 0 aliphatic rings. The third-order valence-corrected chi connectivity index (χ3v) is 3.76. The van der Waals surface area contributed by atoms with Gasteiger partial charge in [0.2, 0.25) is 0 Å². The Morgan fingerprint density at radius 1 is 1.14 bits per heavy atom. The maximum Gasteiger partial charge on any atom is 0.133 e. The molecule has 0 spiro atoms. The Bertz CT molecular complexity index is 588. The van der Waals surface area contributed by atoms with Crippen LogP contribution in [0.25, 0.3) is 0 Å². The van der Waals surface area contributed by atoms with Gasteiger partial charge in [0.15, 0.2) is 0 Å². The van der Waals surface area contributed by atoms with Gasteiger partial charge in [0.1, 0.15) is 5.82 Å². The Labute approximate surface area is 131 Å². The van der Waals surface area contributed by atoms with Crippen molar-refractivity contribution in [2.75, 3.05) is 13.1 Å². The van der Waals surface area contributed by atoms with E-state index in [1.54, 1.807) is 0 Å². The molecule has 1 aromatic carbocycles. The first-order valence-electron chi connectivity index (χ1n) is 7.38. The number of aromatic nitrogens is 2. The summed E-state index contributed by atoms with van der Waals surface area (Å²) in [7, 11) is 0. The van der Waals surface area contributed by atoms with Crippen LogP contribution in [0.3, 0.4) is 0 Å². The van der Waals surface area contributed by atoms with Crippen LogP contribution in [0.15, 0.2) is 24.3 Å². The molecular formula is C17H22ClN3. The average molecular weight is 304 g/mol. The number of nitrogens with zero attached hydrogens (tertiary/aromatic N) is 2. The topological polar surface area (TPSA) is 37.8 Å². The molecule has 0 radical (unpaired) electrons. The van der Waals surface area contributed by atoms with Crippen molar-refractivity contribution in [3.63, 3.8) is 0 Å². The molecule has 21 heavy (non-hydrogen) atoms. The first-order chi connectivity index (χ1) is 10.1. The normalized spacial score (nSPS) is 10.9. The van der Waals surface area contributed by atoms with Crippen LogP contribution in [0, 0.1) is 13.8 Å². The van der Waals surface area contributed by atoms with Crippen molar-refractivity contribution in [2.24, 2.45) is 0 Å². The van der Waals surface area contributed by atoms with Crippen molar-refractivity contribution in [2.45, 2.75) is 33.6 Å². The van der Waals surface area contributed by atoms with Gasteiger partial charge < -0.3 is 5.32 Å². The van der Waals surface area contributed by atoms with Crippen LogP contribution in [-0.2, 0) is 12.8 Å². The van der Waals surface area contributed by atoms with Gasteiger partial charge in [-0.2, -0.15) is 0 Å². The lowest BCUT2D eigenvalue weighted by molar-refractivity contribution is 0.705. The van der Waals surface area contributed by atoms with Crippen LogP contribution in [0.1, 0.15) is 35.3 Å². The molecule has 0 saturated heterocycles. The van der Waals surface area contributed by atoms with Crippen molar-refractivity contribution >= 4 is 11.6 Å². The maximum absolute atomic E-state index is 6.02. The zero-order valence-electron chi connectivity index (χ0n) is 12.9. The summed E-state index contributed by atoms with van der Waals surface area (Å²) >= 11 is 6.02. The molecule has 3 nitrogen and oxygen atoms in total. The number of nitrogens with one attached hydrogen (secondary N) is 1. The molecule has 0 unspecified atom stereocenters. The van der Waals surface area contributed by atoms with Gasteiger partial charge in [-0.3, -0.25) is 0 Å². The number of hydrogen-bond donors (Lipinski definition) is 1. The Hall–Kier alpha value is -1.45. The zero-order valence-corrected chi connectivity index (χ0v) is 13.7.